The van der Waals surface area contributed by atoms with E-state index in [4.69, 9.17) is 4.98 Å². The van der Waals surface area contributed by atoms with E-state index in [2.05, 4.69) is 58.1 Å². The van der Waals surface area contributed by atoms with Crippen LogP contribution in [0.4, 0.5) is 16.0 Å². The molecule has 33 heavy (non-hydrogen) atoms. The van der Waals surface area contributed by atoms with E-state index >= 15 is 0 Å². The fraction of sp³-hybridized carbons (Fsp3) is 0.259. The van der Waals surface area contributed by atoms with E-state index < -0.39 is 0 Å². The van der Waals surface area contributed by atoms with E-state index in [0.717, 1.165) is 49.5 Å². The molecule has 0 unspecified atom stereocenters. The molecule has 1 aliphatic heterocycles. The predicted octanol–water partition coefficient (Wildman–Crippen LogP) is 5.39. The number of rotatable bonds is 5. The van der Waals surface area contributed by atoms with Crippen LogP contribution in [0.2, 0.25) is 0 Å². The number of anilines is 2. The predicted molar refractivity (Wildman–Crippen MR) is 130 cm³/mol. The number of halogens is 1. The number of fused-ring (bicyclic) bond motifs is 1. The Hall–Kier alpha value is -3.67. The van der Waals surface area contributed by atoms with Crippen LogP contribution in [0.3, 0.4) is 0 Å². The van der Waals surface area contributed by atoms with Crippen molar-refractivity contribution in [1.29, 1.82) is 0 Å². The number of piperidine rings is 1. The summed E-state index contributed by atoms with van der Waals surface area (Å²) in [6, 6.07) is 22.6. The lowest BCUT2D eigenvalue weighted by atomic mass is 9.96. The number of aromatic nitrogens is 2. The van der Waals surface area contributed by atoms with Gasteiger partial charge in [-0.05, 0) is 67.3 Å². The molecule has 1 fully saturated rings. The van der Waals surface area contributed by atoms with Crippen LogP contribution in [0.5, 0.6) is 0 Å². The minimum Gasteiger partial charge on any atom is -0.342 e. The van der Waals surface area contributed by atoms with Crippen molar-refractivity contribution in [2.45, 2.75) is 26.3 Å². The molecule has 1 saturated heterocycles. The summed E-state index contributed by atoms with van der Waals surface area (Å²) in [6.07, 6.45) is 1.50. The van der Waals surface area contributed by atoms with Crippen LogP contribution >= 0.6 is 0 Å². The maximum Gasteiger partial charge on any atom is 0.227 e. The first-order chi connectivity index (χ1) is 16.1. The maximum atomic E-state index is 13.1. The van der Waals surface area contributed by atoms with Crippen molar-refractivity contribution in [2.75, 3.05) is 23.3 Å². The number of hydrogen-bond donors (Lipinski definition) is 1. The van der Waals surface area contributed by atoms with E-state index in [1.165, 1.54) is 23.3 Å². The summed E-state index contributed by atoms with van der Waals surface area (Å²) >= 11 is 0. The zero-order valence-corrected chi connectivity index (χ0v) is 18.7. The molecular formula is C27H27FN4O. The Kier molecular flexibility index (Phi) is 5.82. The van der Waals surface area contributed by atoms with E-state index in [0.29, 0.717) is 5.69 Å². The van der Waals surface area contributed by atoms with Gasteiger partial charge in [0.1, 0.15) is 5.82 Å². The summed E-state index contributed by atoms with van der Waals surface area (Å²) in [5.41, 5.74) is 5.26. The number of amides is 1. The molecule has 1 aliphatic rings. The minimum absolute atomic E-state index is 0.00493. The molecule has 5 nitrogen and oxygen atoms in total. The van der Waals surface area contributed by atoms with Gasteiger partial charge in [-0.3, -0.25) is 4.79 Å². The molecule has 6 heteroatoms. The molecule has 1 amide bonds. The summed E-state index contributed by atoms with van der Waals surface area (Å²) in [7, 11) is 0. The number of benzene rings is 3. The van der Waals surface area contributed by atoms with Gasteiger partial charge in [0.2, 0.25) is 11.9 Å². The van der Waals surface area contributed by atoms with Gasteiger partial charge in [-0.15, -0.1) is 0 Å². The monoisotopic (exact) mass is 442 g/mol. The van der Waals surface area contributed by atoms with Crippen molar-refractivity contribution in [3.8, 4) is 0 Å². The zero-order chi connectivity index (χ0) is 22.8. The summed E-state index contributed by atoms with van der Waals surface area (Å²) in [6.45, 7) is 4.42. The third-order valence-electron chi connectivity index (χ3n) is 6.48. The second-order valence-electron chi connectivity index (χ2n) is 8.67. The first-order valence-corrected chi connectivity index (χ1v) is 11.4. The number of carbonyl (C=O) groups excluding carboxylic acids is 1. The summed E-state index contributed by atoms with van der Waals surface area (Å²) in [5, 5.41) is 2.92. The Balaban J connectivity index is 1.33. The largest absolute Gasteiger partial charge is 0.342 e. The van der Waals surface area contributed by atoms with Gasteiger partial charge < -0.3 is 14.8 Å². The van der Waals surface area contributed by atoms with Crippen molar-refractivity contribution >= 4 is 28.6 Å². The van der Waals surface area contributed by atoms with Crippen molar-refractivity contribution in [3.63, 3.8) is 0 Å². The molecule has 0 saturated carbocycles. The van der Waals surface area contributed by atoms with Crippen molar-refractivity contribution in [2.24, 2.45) is 5.92 Å². The van der Waals surface area contributed by atoms with Crippen molar-refractivity contribution in [1.82, 2.24) is 9.55 Å². The second-order valence-corrected chi connectivity index (χ2v) is 8.67. The van der Waals surface area contributed by atoms with Gasteiger partial charge >= 0.3 is 0 Å². The molecule has 1 aromatic heterocycles. The Morgan fingerprint density at radius 2 is 1.70 bits per heavy atom. The minimum atomic E-state index is -0.310. The average Bonchev–Trinajstić information content (AvgIpc) is 3.20. The topological polar surface area (TPSA) is 50.2 Å². The highest BCUT2D eigenvalue weighted by Crippen LogP contribution is 2.29. The average molecular weight is 443 g/mol. The number of carbonyl (C=O) groups is 1. The zero-order valence-electron chi connectivity index (χ0n) is 18.7. The van der Waals surface area contributed by atoms with Crippen molar-refractivity contribution in [3.05, 3.63) is 89.7 Å². The quantitative estimate of drug-likeness (QED) is 0.451. The van der Waals surface area contributed by atoms with Gasteiger partial charge in [-0.25, -0.2) is 9.37 Å². The van der Waals surface area contributed by atoms with Crippen LogP contribution in [-0.2, 0) is 11.3 Å². The highest BCUT2D eigenvalue weighted by atomic mass is 19.1. The number of aryl methyl sites for hydroxylation is 1. The molecule has 3 aromatic carbocycles. The number of hydrogen-bond acceptors (Lipinski definition) is 3. The van der Waals surface area contributed by atoms with Crippen LogP contribution in [-0.4, -0.2) is 28.5 Å². The van der Waals surface area contributed by atoms with Gasteiger partial charge in [0.25, 0.3) is 0 Å². The maximum absolute atomic E-state index is 13.1. The molecule has 0 atom stereocenters. The lowest BCUT2D eigenvalue weighted by Gasteiger charge is -2.32. The van der Waals surface area contributed by atoms with Crippen LogP contribution < -0.4 is 10.2 Å². The molecule has 2 heterocycles. The van der Waals surface area contributed by atoms with Gasteiger partial charge in [0.05, 0.1) is 17.6 Å². The van der Waals surface area contributed by atoms with Crippen LogP contribution in [0.1, 0.15) is 24.0 Å². The Bertz CT molecular complexity index is 1270. The standard InChI is InChI=1S/C27H27FN4O/c1-19-6-2-3-7-21(19)18-32-25-9-5-4-8-24(25)30-27(32)31-16-14-20(15-17-31)26(33)29-23-12-10-22(28)11-13-23/h2-13,20H,14-18H2,1H3,(H,29,33). The Morgan fingerprint density at radius 3 is 2.45 bits per heavy atom. The van der Waals surface area contributed by atoms with Crippen LogP contribution in [0.25, 0.3) is 11.0 Å². The van der Waals surface area contributed by atoms with E-state index in [-0.39, 0.29) is 17.6 Å². The third-order valence-corrected chi connectivity index (χ3v) is 6.48. The molecule has 0 radical (unpaired) electrons. The smallest absolute Gasteiger partial charge is 0.227 e. The lowest BCUT2D eigenvalue weighted by molar-refractivity contribution is -0.120. The summed E-state index contributed by atoms with van der Waals surface area (Å²) < 4.78 is 15.4. The molecule has 0 bridgehead atoms. The Morgan fingerprint density at radius 1 is 1.00 bits per heavy atom. The molecule has 168 valence electrons. The molecule has 0 spiro atoms. The third kappa shape index (κ3) is 4.46. The van der Waals surface area contributed by atoms with Crippen molar-refractivity contribution < 1.29 is 9.18 Å². The number of nitrogens with one attached hydrogen (secondary N) is 1. The summed E-state index contributed by atoms with van der Waals surface area (Å²) in [5.74, 6) is 0.571. The van der Waals surface area contributed by atoms with E-state index in [1.54, 1.807) is 12.1 Å². The van der Waals surface area contributed by atoms with E-state index in [9.17, 15) is 9.18 Å². The number of para-hydroxylation sites is 2. The number of nitrogens with zero attached hydrogens (tertiary/aromatic N) is 3. The number of imidazole rings is 1. The van der Waals surface area contributed by atoms with Gasteiger partial charge in [0, 0.05) is 24.7 Å². The normalized spacial score (nSPS) is 14.5. The molecule has 1 N–H and O–H groups in total. The van der Waals surface area contributed by atoms with Crippen LogP contribution in [0, 0.1) is 18.7 Å². The molecule has 4 aromatic rings. The summed E-state index contributed by atoms with van der Waals surface area (Å²) in [4.78, 5) is 20.0. The molecule has 0 aliphatic carbocycles. The molecular weight excluding hydrogens is 415 g/mol. The lowest BCUT2D eigenvalue weighted by Crippen LogP contribution is -2.39. The van der Waals surface area contributed by atoms with E-state index in [1.807, 2.05) is 12.1 Å². The first-order valence-electron chi connectivity index (χ1n) is 11.4. The fourth-order valence-electron chi connectivity index (χ4n) is 4.54. The van der Waals surface area contributed by atoms with Gasteiger partial charge in [-0.1, -0.05) is 36.4 Å². The fourth-order valence-corrected chi connectivity index (χ4v) is 4.54. The van der Waals surface area contributed by atoms with Gasteiger partial charge in [-0.2, -0.15) is 0 Å². The van der Waals surface area contributed by atoms with Crippen LogP contribution in [0.15, 0.2) is 72.8 Å². The highest BCUT2D eigenvalue weighted by Gasteiger charge is 2.28. The molecule has 5 rings (SSSR count). The second kappa shape index (κ2) is 9.06. The highest BCUT2D eigenvalue weighted by molar-refractivity contribution is 5.92. The SMILES string of the molecule is Cc1ccccc1Cn1c(N2CCC(C(=O)Nc3ccc(F)cc3)CC2)nc2ccccc21. The first kappa shape index (κ1) is 21.2. The van der Waals surface area contributed by atoms with Gasteiger partial charge in [0.15, 0.2) is 0 Å². The Labute approximate surface area is 192 Å².